The largest absolute Gasteiger partial charge is 0.440 e. The number of hydrogen-bond donors (Lipinski definition) is 1. The molecule has 0 saturated heterocycles. The van der Waals surface area contributed by atoms with E-state index in [1.807, 2.05) is 6.07 Å². The molecule has 7 heteroatoms. The third-order valence-corrected chi connectivity index (χ3v) is 3.74. The van der Waals surface area contributed by atoms with Gasteiger partial charge in [-0.3, -0.25) is 9.78 Å². The fourth-order valence-corrected chi connectivity index (χ4v) is 2.46. The van der Waals surface area contributed by atoms with Crippen molar-refractivity contribution in [2.75, 3.05) is 6.54 Å². The summed E-state index contributed by atoms with van der Waals surface area (Å²) in [4.78, 5) is 14.4. The van der Waals surface area contributed by atoms with Crippen LogP contribution in [0.5, 0.6) is 0 Å². The van der Waals surface area contributed by atoms with Crippen LogP contribution in [0.4, 0.5) is 0 Å². The molecule has 6 nitrogen and oxygen atoms in total. The maximum absolute atomic E-state index is 11.8. The predicted octanol–water partition coefficient (Wildman–Crippen LogP) is 1.01. The van der Waals surface area contributed by atoms with Crippen LogP contribution in [0.3, 0.4) is 0 Å². The molecule has 2 aromatic rings. The topological polar surface area (TPSA) is 89.3 Å². The van der Waals surface area contributed by atoms with Crippen LogP contribution in [0.15, 0.2) is 46.2 Å². The van der Waals surface area contributed by atoms with Crippen LogP contribution in [0, 0.1) is 0 Å². The molecule has 0 aromatic carbocycles. The highest BCUT2D eigenvalue weighted by Crippen LogP contribution is 2.12. The van der Waals surface area contributed by atoms with Gasteiger partial charge in [0.1, 0.15) is 0 Å². The van der Waals surface area contributed by atoms with Gasteiger partial charge in [0, 0.05) is 18.9 Å². The van der Waals surface area contributed by atoms with Crippen LogP contribution in [0.1, 0.15) is 16.1 Å². The molecular formula is C12H12N2O4S. The van der Waals surface area contributed by atoms with E-state index in [2.05, 4.69) is 9.71 Å². The molecule has 0 radical (unpaired) electrons. The molecule has 1 N–H and O–H groups in total. The van der Waals surface area contributed by atoms with Crippen molar-refractivity contribution in [3.05, 3.63) is 48.0 Å². The second kappa shape index (κ2) is 5.77. The van der Waals surface area contributed by atoms with Crippen LogP contribution in [-0.2, 0) is 16.4 Å². The highest BCUT2D eigenvalue weighted by atomic mass is 32.2. The first-order valence-corrected chi connectivity index (χ1v) is 7.04. The van der Waals surface area contributed by atoms with Gasteiger partial charge in [-0.25, -0.2) is 13.1 Å². The molecule has 2 heterocycles. The minimum Gasteiger partial charge on any atom is -0.440 e. The van der Waals surface area contributed by atoms with Crippen molar-refractivity contribution >= 4 is 16.3 Å². The molecule has 0 atom stereocenters. The number of furan rings is 1. The first kappa shape index (κ1) is 13.4. The zero-order chi connectivity index (χ0) is 13.7. The number of carbonyl (C=O) groups is 1. The Bertz CT molecular complexity index is 649. The standard InChI is InChI=1S/C12H12N2O4S/c15-9-11-3-4-12(18-11)19(16,17)14-7-5-10-2-1-6-13-8-10/h1-4,6,8-9,14H,5,7H2. The minimum absolute atomic E-state index is 0.0207. The van der Waals surface area contributed by atoms with E-state index in [0.29, 0.717) is 12.7 Å². The summed E-state index contributed by atoms with van der Waals surface area (Å²) in [5, 5.41) is -0.263. The van der Waals surface area contributed by atoms with Crippen LogP contribution in [0.25, 0.3) is 0 Å². The summed E-state index contributed by atoms with van der Waals surface area (Å²) in [7, 11) is -3.72. The first-order valence-electron chi connectivity index (χ1n) is 5.55. The number of sulfonamides is 1. The van der Waals surface area contributed by atoms with Crippen molar-refractivity contribution in [2.24, 2.45) is 0 Å². The lowest BCUT2D eigenvalue weighted by Crippen LogP contribution is -2.25. The lowest BCUT2D eigenvalue weighted by Gasteiger charge is -2.03. The monoisotopic (exact) mass is 280 g/mol. The molecular weight excluding hydrogens is 268 g/mol. The summed E-state index contributed by atoms with van der Waals surface area (Å²) >= 11 is 0. The number of nitrogens with zero attached hydrogens (tertiary/aromatic N) is 1. The molecule has 2 rings (SSSR count). The summed E-state index contributed by atoms with van der Waals surface area (Å²) in [5.74, 6) is -0.0207. The summed E-state index contributed by atoms with van der Waals surface area (Å²) in [5.41, 5.74) is 0.929. The highest BCUT2D eigenvalue weighted by molar-refractivity contribution is 7.89. The molecule has 0 aliphatic heterocycles. The number of aromatic nitrogens is 1. The van der Waals surface area contributed by atoms with Gasteiger partial charge in [0.25, 0.3) is 10.0 Å². The van der Waals surface area contributed by atoms with E-state index in [1.54, 1.807) is 18.5 Å². The Balaban J connectivity index is 1.96. The van der Waals surface area contributed by atoms with Gasteiger partial charge in [-0.2, -0.15) is 0 Å². The Hall–Kier alpha value is -1.99. The van der Waals surface area contributed by atoms with Gasteiger partial charge in [-0.1, -0.05) is 6.07 Å². The van der Waals surface area contributed by atoms with Crippen molar-refractivity contribution in [3.8, 4) is 0 Å². The molecule has 0 aliphatic carbocycles. The van der Waals surface area contributed by atoms with E-state index in [-0.39, 0.29) is 17.4 Å². The fraction of sp³-hybridized carbons (Fsp3) is 0.167. The first-order chi connectivity index (χ1) is 9.12. The normalized spacial score (nSPS) is 11.4. The van der Waals surface area contributed by atoms with Crippen molar-refractivity contribution in [1.82, 2.24) is 9.71 Å². The highest BCUT2D eigenvalue weighted by Gasteiger charge is 2.17. The Morgan fingerprint density at radius 1 is 1.32 bits per heavy atom. The molecule has 19 heavy (non-hydrogen) atoms. The molecule has 0 aliphatic rings. The summed E-state index contributed by atoms with van der Waals surface area (Å²) in [6, 6.07) is 6.20. The van der Waals surface area contributed by atoms with E-state index in [9.17, 15) is 13.2 Å². The van der Waals surface area contributed by atoms with Crippen LogP contribution in [0.2, 0.25) is 0 Å². The molecule has 0 amide bonds. The number of nitrogens with one attached hydrogen (secondary N) is 1. The lowest BCUT2D eigenvalue weighted by molar-refractivity contribution is 0.109. The Kier molecular flexibility index (Phi) is 4.08. The summed E-state index contributed by atoms with van der Waals surface area (Å²) in [6.07, 6.45) is 4.30. The van der Waals surface area contributed by atoms with Crippen LogP contribution < -0.4 is 4.72 Å². The van der Waals surface area contributed by atoms with E-state index in [1.165, 1.54) is 12.1 Å². The maximum Gasteiger partial charge on any atom is 0.273 e. The zero-order valence-corrected chi connectivity index (χ0v) is 10.8. The maximum atomic E-state index is 11.8. The molecule has 0 bridgehead atoms. The van der Waals surface area contributed by atoms with E-state index >= 15 is 0 Å². The number of rotatable bonds is 6. The van der Waals surface area contributed by atoms with E-state index in [4.69, 9.17) is 4.42 Å². The zero-order valence-electron chi connectivity index (χ0n) is 9.94. The average Bonchev–Trinajstić information content (AvgIpc) is 2.89. The van der Waals surface area contributed by atoms with Crippen LogP contribution in [-0.4, -0.2) is 26.2 Å². The fourth-order valence-electron chi connectivity index (χ4n) is 1.49. The van der Waals surface area contributed by atoms with E-state index in [0.717, 1.165) is 5.56 Å². The predicted molar refractivity (Wildman–Crippen MR) is 67.2 cm³/mol. The lowest BCUT2D eigenvalue weighted by atomic mass is 10.2. The van der Waals surface area contributed by atoms with Gasteiger partial charge >= 0.3 is 0 Å². The van der Waals surface area contributed by atoms with Crippen molar-refractivity contribution in [3.63, 3.8) is 0 Å². The van der Waals surface area contributed by atoms with Crippen molar-refractivity contribution < 1.29 is 17.6 Å². The van der Waals surface area contributed by atoms with Gasteiger partial charge in [0.05, 0.1) is 0 Å². The molecule has 2 aromatic heterocycles. The van der Waals surface area contributed by atoms with Gasteiger partial charge < -0.3 is 4.42 Å². The van der Waals surface area contributed by atoms with Crippen LogP contribution >= 0.6 is 0 Å². The quantitative estimate of drug-likeness (QED) is 0.798. The Morgan fingerprint density at radius 2 is 2.16 bits per heavy atom. The van der Waals surface area contributed by atoms with Crippen molar-refractivity contribution in [1.29, 1.82) is 0 Å². The molecule has 0 saturated carbocycles. The van der Waals surface area contributed by atoms with Gasteiger partial charge in [0.15, 0.2) is 12.0 Å². The Morgan fingerprint density at radius 3 is 2.79 bits per heavy atom. The van der Waals surface area contributed by atoms with Gasteiger partial charge in [-0.15, -0.1) is 0 Å². The smallest absolute Gasteiger partial charge is 0.273 e. The number of hydrogen-bond acceptors (Lipinski definition) is 5. The molecule has 0 fully saturated rings. The Labute approximate surface area is 110 Å². The molecule has 0 spiro atoms. The number of aldehydes is 1. The van der Waals surface area contributed by atoms with E-state index < -0.39 is 10.0 Å². The third kappa shape index (κ3) is 3.49. The minimum atomic E-state index is -3.72. The third-order valence-electron chi connectivity index (χ3n) is 2.41. The average molecular weight is 280 g/mol. The van der Waals surface area contributed by atoms with Crippen molar-refractivity contribution in [2.45, 2.75) is 11.5 Å². The van der Waals surface area contributed by atoms with Gasteiger partial charge in [-0.05, 0) is 30.2 Å². The summed E-state index contributed by atoms with van der Waals surface area (Å²) < 4.78 is 30.9. The number of pyridine rings is 1. The molecule has 0 unspecified atom stereocenters. The number of carbonyl (C=O) groups excluding carboxylic acids is 1. The SMILES string of the molecule is O=Cc1ccc(S(=O)(=O)NCCc2cccnc2)o1. The second-order valence-corrected chi connectivity index (χ2v) is 5.48. The summed E-state index contributed by atoms with van der Waals surface area (Å²) in [6.45, 7) is 0.227. The van der Waals surface area contributed by atoms with Gasteiger partial charge in [0.2, 0.25) is 5.09 Å². The molecule has 100 valence electrons. The second-order valence-electron chi connectivity index (χ2n) is 3.78.